The van der Waals surface area contributed by atoms with Crippen LogP contribution in [0.15, 0.2) is 206 Å². The van der Waals surface area contributed by atoms with Crippen LogP contribution in [0.5, 0.6) is 0 Å². The Morgan fingerprint density at radius 3 is 1.42 bits per heavy atom. The third-order valence-electron chi connectivity index (χ3n) is 12.6. The maximum Gasteiger partial charge on any atom is 0.0541 e. The van der Waals surface area contributed by atoms with Crippen LogP contribution in [0.4, 0.5) is 0 Å². The lowest BCUT2D eigenvalue weighted by Gasteiger charge is -2.32. The zero-order valence-electron chi connectivity index (χ0n) is 34.4. The molecule has 1 aliphatic carbocycles. The van der Waals surface area contributed by atoms with Crippen LogP contribution in [-0.2, 0) is 0 Å². The molecular formula is C58H46N2. The van der Waals surface area contributed by atoms with Crippen molar-refractivity contribution in [1.29, 1.82) is 0 Å². The predicted molar refractivity (Wildman–Crippen MR) is 256 cm³/mol. The van der Waals surface area contributed by atoms with E-state index in [9.17, 15) is 0 Å². The molecule has 0 atom stereocenters. The first-order valence-electron chi connectivity index (χ1n) is 21.2. The molecule has 2 heteroatoms. The molecule has 0 saturated carbocycles. The summed E-state index contributed by atoms with van der Waals surface area (Å²) in [4.78, 5) is 0. The Kier molecular flexibility index (Phi) is 8.56. The summed E-state index contributed by atoms with van der Waals surface area (Å²) in [5, 5.41) is 5.07. The molecule has 0 N–H and O–H groups in total. The SMILES string of the molecule is CC(C)(C)C1=C(c2ccc(-n3c4ccc(-c5ccccc5)cc4c4cc(-c5ccccc5)ccc43)cc2)C(c2cccc(-n3c4ccccc4c4ccccc43)c2)=CCC1. The van der Waals surface area contributed by atoms with E-state index in [2.05, 4.69) is 230 Å². The minimum absolute atomic E-state index is 0.0116. The highest BCUT2D eigenvalue weighted by molar-refractivity contribution is 6.13. The van der Waals surface area contributed by atoms with Crippen LogP contribution >= 0.6 is 0 Å². The molecule has 288 valence electrons. The molecule has 0 amide bonds. The van der Waals surface area contributed by atoms with Gasteiger partial charge in [-0.25, -0.2) is 0 Å². The molecule has 2 aromatic heterocycles. The number of aromatic nitrogens is 2. The number of para-hydroxylation sites is 2. The van der Waals surface area contributed by atoms with Crippen molar-refractivity contribution >= 4 is 54.8 Å². The summed E-state index contributed by atoms with van der Waals surface area (Å²) >= 11 is 0. The summed E-state index contributed by atoms with van der Waals surface area (Å²) in [6, 6.07) is 71.5. The van der Waals surface area contributed by atoms with E-state index in [0.717, 1.165) is 18.5 Å². The highest BCUT2D eigenvalue weighted by atomic mass is 15.0. The van der Waals surface area contributed by atoms with Gasteiger partial charge in [-0.3, -0.25) is 0 Å². The van der Waals surface area contributed by atoms with E-state index in [0.29, 0.717) is 0 Å². The number of allylic oxidation sites excluding steroid dienone is 4. The van der Waals surface area contributed by atoms with E-state index >= 15 is 0 Å². The van der Waals surface area contributed by atoms with Crippen LogP contribution in [0.25, 0.3) is 88.4 Å². The van der Waals surface area contributed by atoms with Crippen molar-refractivity contribution in [2.24, 2.45) is 5.41 Å². The Morgan fingerprint density at radius 2 is 0.850 bits per heavy atom. The summed E-state index contributed by atoms with van der Waals surface area (Å²) in [7, 11) is 0. The lowest BCUT2D eigenvalue weighted by atomic mass is 9.73. The number of benzene rings is 8. The molecule has 0 aliphatic heterocycles. The monoisotopic (exact) mass is 770 g/mol. The first kappa shape index (κ1) is 36.0. The number of hydrogen-bond donors (Lipinski definition) is 0. The lowest BCUT2D eigenvalue weighted by molar-refractivity contribution is 0.484. The average molecular weight is 771 g/mol. The Balaban J connectivity index is 1.04. The number of hydrogen-bond acceptors (Lipinski definition) is 0. The molecule has 10 aromatic rings. The van der Waals surface area contributed by atoms with E-state index in [1.165, 1.54) is 99.4 Å². The Bertz CT molecular complexity index is 3160. The van der Waals surface area contributed by atoms with Crippen LogP contribution in [-0.4, -0.2) is 9.13 Å². The van der Waals surface area contributed by atoms with Crippen molar-refractivity contribution in [3.8, 4) is 33.6 Å². The van der Waals surface area contributed by atoms with Gasteiger partial charge in [0.15, 0.2) is 0 Å². The molecule has 60 heavy (non-hydrogen) atoms. The zero-order valence-corrected chi connectivity index (χ0v) is 34.4. The summed E-state index contributed by atoms with van der Waals surface area (Å²) in [5.74, 6) is 0. The average Bonchev–Trinajstić information content (AvgIpc) is 3.81. The van der Waals surface area contributed by atoms with Crippen molar-refractivity contribution in [3.05, 3.63) is 217 Å². The molecule has 0 saturated heterocycles. The van der Waals surface area contributed by atoms with Crippen LogP contribution in [0, 0.1) is 5.41 Å². The van der Waals surface area contributed by atoms with Gasteiger partial charge in [-0.1, -0.05) is 166 Å². The Morgan fingerprint density at radius 1 is 0.367 bits per heavy atom. The van der Waals surface area contributed by atoms with Gasteiger partial charge >= 0.3 is 0 Å². The summed E-state index contributed by atoms with van der Waals surface area (Å²) in [6.07, 6.45) is 4.56. The lowest BCUT2D eigenvalue weighted by Crippen LogP contribution is -2.15. The molecule has 0 bridgehead atoms. The molecule has 0 unspecified atom stereocenters. The zero-order chi connectivity index (χ0) is 40.4. The fourth-order valence-electron chi connectivity index (χ4n) is 9.80. The Hall–Kier alpha value is -7.16. The fourth-order valence-corrected chi connectivity index (χ4v) is 9.80. The third kappa shape index (κ3) is 6.02. The van der Waals surface area contributed by atoms with Gasteiger partial charge in [0.25, 0.3) is 0 Å². The predicted octanol–water partition coefficient (Wildman–Crippen LogP) is 15.9. The molecule has 0 radical (unpaired) electrons. The van der Waals surface area contributed by atoms with Crippen LogP contribution in [0.3, 0.4) is 0 Å². The first-order chi connectivity index (χ1) is 29.4. The van der Waals surface area contributed by atoms with Crippen molar-refractivity contribution in [1.82, 2.24) is 9.13 Å². The van der Waals surface area contributed by atoms with Gasteiger partial charge in [0.05, 0.1) is 22.1 Å². The van der Waals surface area contributed by atoms with Gasteiger partial charge in [0.2, 0.25) is 0 Å². The van der Waals surface area contributed by atoms with Gasteiger partial charge in [0.1, 0.15) is 0 Å². The molecule has 8 aromatic carbocycles. The van der Waals surface area contributed by atoms with Crippen LogP contribution in [0.1, 0.15) is 44.7 Å². The second-order valence-corrected chi connectivity index (χ2v) is 17.3. The second-order valence-electron chi connectivity index (χ2n) is 17.3. The van der Waals surface area contributed by atoms with Crippen molar-refractivity contribution in [2.45, 2.75) is 33.6 Å². The quantitative estimate of drug-likeness (QED) is 0.159. The molecule has 11 rings (SSSR count). The van der Waals surface area contributed by atoms with E-state index in [-0.39, 0.29) is 5.41 Å². The number of nitrogens with zero attached hydrogens (tertiary/aromatic N) is 2. The van der Waals surface area contributed by atoms with E-state index in [1.807, 2.05) is 0 Å². The topological polar surface area (TPSA) is 9.86 Å². The molecular weight excluding hydrogens is 725 g/mol. The van der Waals surface area contributed by atoms with Crippen molar-refractivity contribution < 1.29 is 0 Å². The van der Waals surface area contributed by atoms with Gasteiger partial charge in [0, 0.05) is 32.9 Å². The number of rotatable bonds is 6. The first-order valence-corrected chi connectivity index (χ1v) is 21.2. The standard InChI is InChI=1S/C58H46N2/c1-58(2,3)52-25-15-24-47(44-20-14-21-46(36-44)60-53-26-12-10-22-48(53)49-23-11-13-27-54(49)60)57(52)41-28-32-45(33-29-41)59-55-34-30-42(39-16-6-4-7-17-39)37-50(55)51-38-43(31-35-56(51)59)40-18-8-5-9-19-40/h4-14,16-24,26-38H,15,25H2,1-3H3. The molecule has 0 spiro atoms. The normalized spacial score (nSPS) is 13.5. The van der Waals surface area contributed by atoms with Crippen molar-refractivity contribution in [2.75, 3.05) is 0 Å². The van der Waals surface area contributed by atoms with Crippen molar-refractivity contribution in [3.63, 3.8) is 0 Å². The maximum atomic E-state index is 2.48. The maximum absolute atomic E-state index is 2.48. The van der Waals surface area contributed by atoms with Crippen LogP contribution < -0.4 is 0 Å². The highest BCUT2D eigenvalue weighted by Gasteiger charge is 2.27. The van der Waals surface area contributed by atoms with E-state index in [4.69, 9.17) is 0 Å². The van der Waals surface area contributed by atoms with E-state index < -0.39 is 0 Å². The van der Waals surface area contributed by atoms with E-state index in [1.54, 1.807) is 0 Å². The van der Waals surface area contributed by atoms with Gasteiger partial charge in [-0.2, -0.15) is 0 Å². The highest BCUT2D eigenvalue weighted by Crippen LogP contribution is 2.47. The smallest absolute Gasteiger partial charge is 0.0541 e. The van der Waals surface area contributed by atoms with Gasteiger partial charge in [-0.15, -0.1) is 0 Å². The number of fused-ring (bicyclic) bond motifs is 6. The molecule has 0 fully saturated rings. The minimum atomic E-state index is 0.0116. The minimum Gasteiger partial charge on any atom is -0.309 e. The Labute approximate surface area is 352 Å². The summed E-state index contributed by atoms with van der Waals surface area (Å²) < 4.78 is 4.88. The summed E-state index contributed by atoms with van der Waals surface area (Å²) in [6.45, 7) is 7.12. The molecule has 2 nitrogen and oxygen atoms in total. The third-order valence-corrected chi connectivity index (χ3v) is 12.6. The van der Waals surface area contributed by atoms with Gasteiger partial charge in [-0.05, 0) is 123 Å². The molecule has 1 aliphatic rings. The van der Waals surface area contributed by atoms with Gasteiger partial charge < -0.3 is 9.13 Å². The fraction of sp³-hybridized carbons (Fsp3) is 0.103. The largest absolute Gasteiger partial charge is 0.309 e. The van der Waals surface area contributed by atoms with Crippen LogP contribution in [0.2, 0.25) is 0 Å². The summed E-state index contributed by atoms with van der Waals surface area (Å²) in [5.41, 5.74) is 18.8. The second kappa shape index (κ2) is 14.3. The molecule has 2 heterocycles.